The Kier molecular flexibility index (Phi) is 6.37. The van der Waals surface area contributed by atoms with Crippen LogP contribution in [0.15, 0.2) is 24.3 Å². The Hall–Kier alpha value is -0.960. The Balaban J connectivity index is 1.80. The molecular formula is C17H28N3OP. The van der Waals surface area contributed by atoms with Crippen molar-refractivity contribution in [3.8, 4) is 0 Å². The van der Waals surface area contributed by atoms with E-state index in [1.54, 1.807) is 0 Å². The minimum Gasteiger partial charge on any atom is -0.339 e. The lowest BCUT2D eigenvalue weighted by Gasteiger charge is -2.34. The molecule has 1 aliphatic rings. The van der Waals surface area contributed by atoms with Crippen LogP contribution < -0.4 is 0 Å². The molecule has 22 heavy (non-hydrogen) atoms. The van der Waals surface area contributed by atoms with Gasteiger partial charge in [0, 0.05) is 32.2 Å². The van der Waals surface area contributed by atoms with Crippen molar-refractivity contribution in [2.75, 3.05) is 39.8 Å². The maximum absolute atomic E-state index is 12.0. The lowest BCUT2D eigenvalue weighted by Crippen LogP contribution is -2.49. The first-order valence-corrected chi connectivity index (χ1v) is 8.51. The Morgan fingerprint density at radius 2 is 2.05 bits per heavy atom. The minimum atomic E-state index is 0.237. The molecule has 122 valence electrons. The van der Waals surface area contributed by atoms with Crippen LogP contribution in [0.4, 0.5) is 0 Å². The number of rotatable bonds is 6. The Bertz CT molecular complexity index is 508. The Morgan fingerprint density at radius 1 is 1.32 bits per heavy atom. The van der Waals surface area contributed by atoms with Crippen LogP contribution in [0.25, 0.3) is 0 Å². The number of carbonyl (C=O) groups excluding carboxylic acids is 1. The van der Waals surface area contributed by atoms with Crippen LogP contribution in [0.1, 0.15) is 18.1 Å². The van der Waals surface area contributed by atoms with Gasteiger partial charge in [-0.25, -0.2) is 0 Å². The number of likely N-dealkylation sites (N-methyl/N-ethyl adjacent to an activating group) is 1. The molecule has 0 aliphatic carbocycles. The van der Waals surface area contributed by atoms with E-state index in [-0.39, 0.29) is 5.91 Å². The van der Waals surface area contributed by atoms with Gasteiger partial charge < -0.3 is 9.80 Å². The van der Waals surface area contributed by atoms with Gasteiger partial charge in [-0.1, -0.05) is 33.7 Å². The summed E-state index contributed by atoms with van der Waals surface area (Å²) in [5.41, 5.74) is 2.77. The normalized spacial score (nSPS) is 18.0. The van der Waals surface area contributed by atoms with Crippen LogP contribution in [0.3, 0.4) is 0 Å². The van der Waals surface area contributed by atoms with Crippen molar-refractivity contribution >= 4 is 15.3 Å². The summed E-state index contributed by atoms with van der Waals surface area (Å²) in [4.78, 5) is 16.3. The number of amides is 1. The first-order valence-electron chi connectivity index (χ1n) is 7.99. The second-order valence-electron chi connectivity index (χ2n) is 6.31. The average molecular weight is 321 g/mol. The molecule has 0 spiro atoms. The van der Waals surface area contributed by atoms with Crippen molar-refractivity contribution < 1.29 is 4.79 Å². The number of hydrogen-bond acceptors (Lipinski definition) is 3. The summed E-state index contributed by atoms with van der Waals surface area (Å²) in [7, 11) is 4.77. The van der Waals surface area contributed by atoms with E-state index in [2.05, 4.69) is 59.5 Å². The largest absolute Gasteiger partial charge is 0.339 e. The molecule has 0 bridgehead atoms. The molecule has 1 amide bonds. The van der Waals surface area contributed by atoms with E-state index in [1.807, 2.05) is 9.57 Å². The van der Waals surface area contributed by atoms with E-state index in [0.717, 1.165) is 32.6 Å². The number of hydrogen-bond donors (Lipinski definition) is 0. The van der Waals surface area contributed by atoms with Gasteiger partial charge in [0.25, 0.3) is 0 Å². The van der Waals surface area contributed by atoms with Gasteiger partial charge in [-0.05, 0) is 38.4 Å². The third kappa shape index (κ3) is 4.77. The molecule has 4 nitrogen and oxygen atoms in total. The molecular weight excluding hydrogens is 293 g/mol. The fraction of sp³-hybridized carbons (Fsp3) is 0.588. The standard InChI is InChI=1S/C17H28N3OP/c1-14-6-4-5-7-16(14)12-15(2)18(3)8-9-19-10-11-20(22)13-17(19)21/h4-7,15H,8-13,22H2,1-3H3. The zero-order valence-corrected chi connectivity index (χ0v) is 15.1. The van der Waals surface area contributed by atoms with E-state index < -0.39 is 0 Å². The fourth-order valence-corrected chi connectivity index (χ4v) is 3.05. The molecule has 0 aromatic heterocycles. The lowest BCUT2D eigenvalue weighted by molar-refractivity contribution is -0.134. The van der Waals surface area contributed by atoms with Gasteiger partial charge in [-0.15, -0.1) is 0 Å². The summed E-state index contributed by atoms with van der Waals surface area (Å²) in [6, 6.07) is 9.05. The van der Waals surface area contributed by atoms with Crippen LogP contribution >= 0.6 is 9.39 Å². The molecule has 2 rings (SSSR count). The Labute approximate surface area is 136 Å². The topological polar surface area (TPSA) is 26.8 Å². The van der Waals surface area contributed by atoms with E-state index in [1.165, 1.54) is 11.1 Å². The molecule has 1 fully saturated rings. The first-order chi connectivity index (χ1) is 10.5. The van der Waals surface area contributed by atoms with Crippen LogP contribution in [0.2, 0.25) is 0 Å². The van der Waals surface area contributed by atoms with Crippen LogP contribution in [0, 0.1) is 6.92 Å². The van der Waals surface area contributed by atoms with Crippen molar-refractivity contribution in [2.24, 2.45) is 0 Å². The summed E-state index contributed by atoms with van der Waals surface area (Å²) in [6.07, 6.45) is 1.05. The monoisotopic (exact) mass is 321 g/mol. The predicted molar refractivity (Wildman–Crippen MR) is 94.8 cm³/mol. The molecule has 2 unspecified atom stereocenters. The van der Waals surface area contributed by atoms with Crippen molar-refractivity contribution in [1.82, 2.24) is 14.5 Å². The first kappa shape index (κ1) is 17.4. The predicted octanol–water partition coefficient (Wildman–Crippen LogP) is 1.79. The molecule has 5 heteroatoms. The minimum absolute atomic E-state index is 0.237. The van der Waals surface area contributed by atoms with Crippen LogP contribution in [0.5, 0.6) is 0 Å². The lowest BCUT2D eigenvalue weighted by atomic mass is 10.0. The summed E-state index contributed by atoms with van der Waals surface area (Å²) in [6.45, 7) is 8.48. The highest BCUT2D eigenvalue weighted by molar-refractivity contribution is 7.13. The van der Waals surface area contributed by atoms with Crippen molar-refractivity contribution in [1.29, 1.82) is 0 Å². The molecule has 0 N–H and O–H groups in total. The van der Waals surface area contributed by atoms with Crippen LogP contribution in [-0.2, 0) is 11.2 Å². The van der Waals surface area contributed by atoms with Gasteiger partial charge in [0.15, 0.2) is 0 Å². The fourth-order valence-electron chi connectivity index (χ4n) is 2.78. The van der Waals surface area contributed by atoms with Crippen molar-refractivity contribution in [3.63, 3.8) is 0 Å². The average Bonchev–Trinajstić information content (AvgIpc) is 2.48. The maximum Gasteiger partial charge on any atom is 0.237 e. The number of carbonyl (C=O) groups is 1. The van der Waals surface area contributed by atoms with E-state index >= 15 is 0 Å². The van der Waals surface area contributed by atoms with Gasteiger partial charge in [0.1, 0.15) is 0 Å². The van der Waals surface area contributed by atoms with Gasteiger partial charge in [-0.3, -0.25) is 9.46 Å². The highest BCUT2D eigenvalue weighted by Crippen LogP contribution is 2.13. The molecule has 1 aliphatic heterocycles. The van der Waals surface area contributed by atoms with Gasteiger partial charge >= 0.3 is 0 Å². The highest BCUT2D eigenvalue weighted by atomic mass is 31.0. The van der Waals surface area contributed by atoms with Gasteiger partial charge in [0.05, 0.1) is 6.54 Å². The van der Waals surface area contributed by atoms with Crippen molar-refractivity contribution in [2.45, 2.75) is 26.3 Å². The molecule has 1 aromatic rings. The molecule has 1 heterocycles. The number of benzene rings is 1. The van der Waals surface area contributed by atoms with Gasteiger partial charge in [0.2, 0.25) is 5.91 Å². The second-order valence-corrected chi connectivity index (χ2v) is 7.04. The SMILES string of the molecule is Cc1ccccc1CC(C)N(C)CCN1CCN(P)CC1=O. The number of nitrogens with zero attached hydrogens (tertiary/aromatic N) is 3. The summed E-state index contributed by atoms with van der Waals surface area (Å²) < 4.78 is 2.00. The molecule has 2 atom stereocenters. The van der Waals surface area contributed by atoms with E-state index in [9.17, 15) is 4.79 Å². The highest BCUT2D eigenvalue weighted by Gasteiger charge is 2.22. The number of piperazine rings is 1. The van der Waals surface area contributed by atoms with E-state index in [4.69, 9.17) is 0 Å². The summed E-state index contributed by atoms with van der Waals surface area (Å²) in [5.74, 6) is 0.237. The third-order valence-corrected chi connectivity index (χ3v) is 5.04. The van der Waals surface area contributed by atoms with Crippen LogP contribution in [-0.4, -0.2) is 66.2 Å². The maximum atomic E-state index is 12.0. The van der Waals surface area contributed by atoms with Crippen molar-refractivity contribution in [3.05, 3.63) is 35.4 Å². The summed E-state index contributed by atoms with van der Waals surface area (Å²) in [5, 5.41) is 0. The molecule has 0 saturated carbocycles. The van der Waals surface area contributed by atoms with Gasteiger partial charge in [-0.2, -0.15) is 0 Å². The Morgan fingerprint density at radius 3 is 2.73 bits per heavy atom. The zero-order valence-electron chi connectivity index (χ0n) is 14.0. The quantitative estimate of drug-likeness (QED) is 0.748. The zero-order chi connectivity index (χ0) is 16.1. The second kappa shape index (κ2) is 8.05. The summed E-state index contributed by atoms with van der Waals surface area (Å²) >= 11 is 0. The molecule has 0 radical (unpaired) electrons. The molecule has 1 saturated heterocycles. The third-order valence-electron chi connectivity index (χ3n) is 4.60. The number of aryl methyl sites for hydroxylation is 1. The molecule has 1 aromatic carbocycles. The smallest absolute Gasteiger partial charge is 0.237 e. The van der Waals surface area contributed by atoms with E-state index in [0.29, 0.717) is 12.6 Å².